The number of aryl methyl sites for hydroxylation is 1. The number of nitrogens with one attached hydrogen (secondary N) is 1. The average molecular weight is 631 g/mol. The summed E-state index contributed by atoms with van der Waals surface area (Å²) < 4.78 is 53.0. The third-order valence-electron chi connectivity index (χ3n) is 11.2. The molecule has 1 N–H and O–H groups in total. The Morgan fingerprint density at radius 3 is 2.78 bits per heavy atom. The molecule has 4 aliphatic rings. The second-order valence-electron chi connectivity index (χ2n) is 13.9. The van der Waals surface area contributed by atoms with Gasteiger partial charge in [-0.3, -0.25) is 4.90 Å². The largest absolute Gasteiger partial charge is 0.461 e. The van der Waals surface area contributed by atoms with Crippen LogP contribution in [0.15, 0.2) is 30.3 Å². The third kappa shape index (κ3) is 4.66. The van der Waals surface area contributed by atoms with Gasteiger partial charge in [-0.2, -0.15) is 9.97 Å². The molecular weight excluding hydrogens is 589 g/mol. The second kappa shape index (κ2) is 11.3. The molecular formula is C36H41F3N6O. The number of anilines is 1. The van der Waals surface area contributed by atoms with Gasteiger partial charge < -0.3 is 15.0 Å². The Morgan fingerprint density at radius 2 is 1.93 bits per heavy atom. The van der Waals surface area contributed by atoms with Crippen molar-refractivity contribution in [2.24, 2.45) is 0 Å². The van der Waals surface area contributed by atoms with E-state index in [4.69, 9.17) is 19.7 Å². The standard InChI is InChI=1S/C36H41F3N6O/c1-4-26-27-12-9-20(2)31-29-33(30(39)32(41-31)24-8-5-7-22-10-11-25(38)21(3)28(22)24)42-35(43-34(29)45(27)16-14-40-26)46-19-36-13-6-15-44(36)18-23(37)17-36/h5,7-8,10-11,20,23,26-27,40H,4,6,9,12-19H2,1-3H3/t20-,23+,26-,27+,36-/m0/s1. The van der Waals surface area contributed by atoms with E-state index in [0.29, 0.717) is 47.2 Å². The molecule has 0 amide bonds. The van der Waals surface area contributed by atoms with Crippen molar-refractivity contribution in [1.82, 2.24) is 25.2 Å². The molecule has 2 aromatic heterocycles. The first-order chi connectivity index (χ1) is 22.3. The second-order valence-corrected chi connectivity index (χ2v) is 13.9. The first kappa shape index (κ1) is 29.9. The molecule has 0 spiro atoms. The summed E-state index contributed by atoms with van der Waals surface area (Å²) in [6.45, 7) is 9.08. The van der Waals surface area contributed by atoms with E-state index in [0.717, 1.165) is 56.3 Å². The van der Waals surface area contributed by atoms with Gasteiger partial charge in [0.25, 0.3) is 0 Å². The van der Waals surface area contributed by atoms with Crippen LogP contribution in [0.25, 0.3) is 32.9 Å². The fourth-order valence-electron chi connectivity index (χ4n) is 8.83. The SMILES string of the molecule is CC[C@@H]1NCCN2c3nc(OC[C@@]45CCCN4C[C@H](F)C5)nc4c(F)c(-c5cccc6ccc(F)c(C)c56)nc(c34)[C@@H](C)CC[C@H]12. The summed E-state index contributed by atoms with van der Waals surface area (Å²) in [5.41, 5.74) is 1.68. The fourth-order valence-corrected chi connectivity index (χ4v) is 8.83. The molecule has 7 nitrogen and oxygen atoms in total. The molecule has 46 heavy (non-hydrogen) atoms. The topological polar surface area (TPSA) is 66.4 Å². The highest BCUT2D eigenvalue weighted by Crippen LogP contribution is 2.44. The quantitative estimate of drug-likeness (QED) is 0.259. The van der Waals surface area contributed by atoms with E-state index in [1.165, 1.54) is 6.07 Å². The van der Waals surface area contributed by atoms with Crippen LogP contribution in [0.1, 0.15) is 69.5 Å². The number of hydrogen-bond donors (Lipinski definition) is 1. The van der Waals surface area contributed by atoms with Crippen molar-refractivity contribution in [1.29, 1.82) is 0 Å². The minimum Gasteiger partial charge on any atom is -0.461 e. The molecule has 4 aliphatic heterocycles. The Labute approximate surface area is 267 Å². The number of nitrogens with zero attached hydrogens (tertiary/aromatic N) is 5. The number of alkyl halides is 1. The van der Waals surface area contributed by atoms with Gasteiger partial charge in [-0.05, 0) is 73.9 Å². The third-order valence-corrected chi connectivity index (χ3v) is 11.2. The lowest BCUT2D eigenvalue weighted by atomic mass is 9.87. The minimum atomic E-state index is -0.883. The lowest BCUT2D eigenvalue weighted by Crippen LogP contribution is -2.58. The molecule has 0 unspecified atom stereocenters. The maximum absolute atomic E-state index is 17.2. The van der Waals surface area contributed by atoms with Crippen LogP contribution in [-0.2, 0) is 0 Å². The van der Waals surface area contributed by atoms with Crippen LogP contribution in [0.4, 0.5) is 19.0 Å². The number of benzene rings is 2. The number of halogens is 3. The van der Waals surface area contributed by atoms with E-state index in [1.807, 2.05) is 18.2 Å². The number of hydrogen-bond acceptors (Lipinski definition) is 7. The highest BCUT2D eigenvalue weighted by molar-refractivity contribution is 6.01. The molecule has 0 aliphatic carbocycles. The zero-order chi connectivity index (χ0) is 31.7. The van der Waals surface area contributed by atoms with Crippen LogP contribution in [0.2, 0.25) is 0 Å². The normalized spacial score (nSPS) is 27.9. The Morgan fingerprint density at radius 1 is 1.07 bits per heavy atom. The van der Waals surface area contributed by atoms with Crippen LogP contribution in [0.3, 0.4) is 0 Å². The van der Waals surface area contributed by atoms with E-state index < -0.39 is 12.0 Å². The molecule has 242 valence electrons. The summed E-state index contributed by atoms with van der Waals surface area (Å²) in [5.74, 6) is -0.251. The van der Waals surface area contributed by atoms with Gasteiger partial charge in [0, 0.05) is 43.7 Å². The first-order valence-corrected chi connectivity index (χ1v) is 16.9. The lowest BCUT2D eigenvalue weighted by molar-refractivity contribution is 0.107. The van der Waals surface area contributed by atoms with Crippen LogP contribution >= 0.6 is 0 Å². The Bertz CT molecular complexity index is 1840. The monoisotopic (exact) mass is 630 g/mol. The number of rotatable bonds is 5. The number of aromatic nitrogens is 3. The van der Waals surface area contributed by atoms with Gasteiger partial charge in [0.05, 0.1) is 16.6 Å². The van der Waals surface area contributed by atoms with Gasteiger partial charge in [-0.15, -0.1) is 0 Å². The number of piperazine rings is 1. The Kier molecular flexibility index (Phi) is 7.36. The molecule has 10 heteroatoms. The molecule has 3 saturated heterocycles. The van der Waals surface area contributed by atoms with Gasteiger partial charge >= 0.3 is 6.01 Å². The molecule has 3 fully saturated rings. The molecule has 4 aromatic rings. The predicted molar refractivity (Wildman–Crippen MR) is 174 cm³/mol. The van der Waals surface area contributed by atoms with E-state index in [-0.39, 0.29) is 53.2 Å². The number of fused-ring (bicyclic) bond motifs is 4. The van der Waals surface area contributed by atoms with E-state index in [1.54, 1.807) is 13.0 Å². The zero-order valence-electron chi connectivity index (χ0n) is 26.8. The van der Waals surface area contributed by atoms with Crippen LogP contribution < -0.4 is 15.0 Å². The summed E-state index contributed by atoms with van der Waals surface area (Å²) in [6, 6.07) is 9.30. The lowest BCUT2D eigenvalue weighted by Gasteiger charge is -2.44. The summed E-state index contributed by atoms with van der Waals surface area (Å²) in [5, 5.41) is 5.76. The van der Waals surface area contributed by atoms with Crippen molar-refractivity contribution in [3.63, 3.8) is 0 Å². The van der Waals surface area contributed by atoms with Crippen molar-refractivity contribution < 1.29 is 17.9 Å². The molecule has 0 radical (unpaired) electrons. The highest BCUT2D eigenvalue weighted by atomic mass is 19.1. The molecule has 0 bridgehead atoms. The summed E-state index contributed by atoms with van der Waals surface area (Å²) in [4.78, 5) is 19.4. The number of pyridine rings is 1. The first-order valence-electron chi connectivity index (χ1n) is 16.9. The summed E-state index contributed by atoms with van der Waals surface area (Å²) in [6.07, 6.45) is 4.15. The maximum atomic E-state index is 17.2. The van der Waals surface area contributed by atoms with Crippen molar-refractivity contribution >= 4 is 27.5 Å². The Hall–Kier alpha value is -3.50. The van der Waals surface area contributed by atoms with Gasteiger partial charge in [-0.25, -0.2) is 18.2 Å². The molecule has 2 aromatic carbocycles. The van der Waals surface area contributed by atoms with E-state index in [2.05, 4.69) is 29.0 Å². The number of ether oxygens (including phenoxy) is 1. The van der Waals surface area contributed by atoms with Crippen LogP contribution in [0.5, 0.6) is 6.01 Å². The summed E-state index contributed by atoms with van der Waals surface area (Å²) in [7, 11) is 0. The molecule has 6 heterocycles. The molecule has 8 rings (SSSR count). The van der Waals surface area contributed by atoms with E-state index >= 15 is 4.39 Å². The van der Waals surface area contributed by atoms with Crippen LogP contribution in [-0.4, -0.2) is 76.4 Å². The van der Waals surface area contributed by atoms with Crippen molar-refractivity contribution in [2.45, 2.75) is 89.0 Å². The van der Waals surface area contributed by atoms with Crippen molar-refractivity contribution in [2.75, 3.05) is 37.7 Å². The maximum Gasteiger partial charge on any atom is 0.319 e. The van der Waals surface area contributed by atoms with Gasteiger partial charge in [0.15, 0.2) is 5.82 Å². The zero-order valence-corrected chi connectivity index (χ0v) is 26.8. The van der Waals surface area contributed by atoms with Crippen LogP contribution in [0, 0.1) is 18.6 Å². The predicted octanol–water partition coefficient (Wildman–Crippen LogP) is 6.84. The van der Waals surface area contributed by atoms with Gasteiger partial charge in [0.2, 0.25) is 0 Å². The van der Waals surface area contributed by atoms with Crippen molar-refractivity contribution in [3.05, 3.63) is 53.2 Å². The smallest absolute Gasteiger partial charge is 0.319 e. The Balaban J connectivity index is 1.34. The average Bonchev–Trinajstić information content (AvgIpc) is 3.59. The fraction of sp³-hybridized carbons (Fsp3) is 0.528. The van der Waals surface area contributed by atoms with Gasteiger partial charge in [0.1, 0.15) is 35.6 Å². The molecule has 5 atom stereocenters. The van der Waals surface area contributed by atoms with Gasteiger partial charge in [-0.1, -0.05) is 38.1 Å². The van der Waals surface area contributed by atoms with Crippen molar-refractivity contribution in [3.8, 4) is 17.3 Å². The summed E-state index contributed by atoms with van der Waals surface area (Å²) >= 11 is 0. The highest BCUT2D eigenvalue weighted by Gasteiger charge is 2.49. The minimum absolute atomic E-state index is 0.0104. The van der Waals surface area contributed by atoms with E-state index in [9.17, 15) is 8.78 Å². The molecule has 0 saturated carbocycles.